The van der Waals surface area contributed by atoms with E-state index in [-0.39, 0.29) is 0 Å². The van der Waals surface area contributed by atoms with Crippen LogP contribution in [0.15, 0.2) is 29.2 Å². The fourth-order valence-electron chi connectivity index (χ4n) is 3.82. The number of likely N-dealkylation sites (tertiary alicyclic amines) is 2. The van der Waals surface area contributed by atoms with Gasteiger partial charge < -0.3 is 4.57 Å². The maximum absolute atomic E-state index is 4.43. The molecular weight excluding hydrogens is 280 g/mol. The molecule has 0 aliphatic carbocycles. The molecule has 0 bridgehead atoms. The monoisotopic (exact) mass is 302 g/mol. The summed E-state index contributed by atoms with van der Waals surface area (Å²) >= 11 is 1.80. The van der Waals surface area contributed by atoms with E-state index < -0.39 is 0 Å². The van der Waals surface area contributed by atoms with Gasteiger partial charge in [-0.1, -0.05) is 0 Å². The van der Waals surface area contributed by atoms with Crippen molar-refractivity contribution >= 4 is 11.3 Å². The highest BCUT2D eigenvalue weighted by molar-refractivity contribution is 7.07. The summed E-state index contributed by atoms with van der Waals surface area (Å²) in [7, 11) is 2.08. The van der Waals surface area contributed by atoms with Crippen LogP contribution < -0.4 is 0 Å². The second kappa shape index (κ2) is 5.23. The Labute approximate surface area is 130 Å². The fourth-order valence-corrected chi connectivity index (χ4v) is 4.48. The van der Waals surface area contributed by atoms with Gasteiger partial charge in [0.25, 0.3) is 0 Å². The van der Waals surface area contributed by atoms with E-state index in [1.807, 2.05) is 12.4 Å². The Morgan fingerprint density at radius 1 is 1.24 bits per heavy atom. The first-order valence-corrected chi connectivity index (χ1v) is 8.59. The average Bonchev–Trinajstić information content (AvgIpc) is 3.13. The minimum absolute atomic E-state index is 0.557. The van der Waals surface area contributed by atoms with E-state index in [2.05, 4.69) is 43.2 Å². The molecule has 2 fully saturated rings. The zero-order chi connectivity index (χ0) is 14.3. The lowest BCUT2D eigenvalue weighted by molar-refractivity contribution is -0.000678. The number of aryl methyl sites for hydroxylation is 1. The van der Waals surface area contributed by atoms with Crippen molar-refractivity contribution in [1.82, 2.24) is 19.4 Å². The lowest BCUT2D eigenvalue weighted by atomic mass is 9.79. The molecule has 4 heterocycles. The number of rotatable bonds is 4. The molecule has 0 saturated carbocycles. The zero-order valence-corrected chi connectivity index (χ0v) is 13.4. The van der Waals surface area contributed by atoms with Crippen molar-refractivity contribution in [1.29, 1.82) is 0 Å². The third-order valence-electron chi connectivity index (χ3n) is 4.91. The van der Waals surface area contributed by atoms with Crippen molar-refractivity contribution in [2.75, 3.05) is 26.2 Å². The van der Waals surface area contributed by atoms with Crippen molar-refractivity contribution in [3.63, 3.8) is 0 Å². The summed E-state index contributed by atoms with van der Waals surface area (Å²) in [5.74, 6) is 1.18. The molecular formula is C16H22N4S. The Kier molecular flexibility index (Phi) is 3.36. The van der Waals surface area contributed by atoms with Gasteiger partial charge in [-0.2, -0.15) is 11.3 Å². The van der Waals surface area contributed by atoms with Crippen LogP contribution in [0.3, 0.4) is 0 Å². The average molecular weight is 302 g/mol. The number of imidazole rings is 1. The highest BCUT2D eigenvalue weighted by Gasteiger charge is 2.47. The van der Waals surface area contributed by atoms with Crippen LogP contribution in [-0.4, -0.2) is 45.5 Å². The molecule has 0 aromatic carbocycles. The van der Waals surface area contributed by atoms with Gasteiger partial charge in [0.2, 0.25) is 0 Å². The first-order valence-electron chi connectivity index (χ1n) is 7.64. The van der Waals surface area contributed by atoms with Crippen LogP contribution in [0.4, 0.5) is 0 Å². The third kappa shape index (κ3) is 2.65. The number of hydrogen-bond donors (Lipinski definition) is 0. The second-order valence-electron chi connectivity index (χ2n) is 6.69. The van der Waals surface area contributed by atoms with Crippen LogP contribution in [0.5, 0.6) is 0 Å². The Bertz CT molecular complexity index is 598. The predicted octanol–water partition coefficient (Wildman–Crippen LogP) is 2.19. The van der Waals surface area contributed by atoms with Crippen molar-refractivity contribution in [3.05, 3.63) is 40.6 Å². The summed E-state index contributed by atoms with van der Waals surface area (Å²) in [5, 5.41) is 4.46. The molecule has 2 aliphatic heterocycles. The predicted molar refractivity (Wildman–Crippen MR) is 85.1 cm³/mol. The summed E-state index contributed by atoms with van der Waals surface area (Å²) in [6.45, 7) is 7.12. The number of thiophene rings is 1. The zero-order valence-electron chi connectivity index (χ0n) is 12.5. The van der Waals surface area contributed by atoms with E-state index in [0.29, 0.717) is 5.41 Å². The maximum Gasteiger partial charge on any atom is 0.122 e. The van der Waals surface area contributed by atoms with Crippen LogP contribution in [0.2, 0.25) is 0 Å². The van der Waals surface area contributed by atoms with E-state index in [1.54, 1.807) is 11.3 Å². The molecule has 0 N–H and O–H groups in total. The number of hydrogen-bond acceptors (Lipinski definition) is 4. The molecule has 0 atom stereocenters. The molecule has 0 unspecified atom stereocenters. The minimum atomic E-state index is 0.557. The quantitative estimate of drug-likeness (QED) is 0.865. The Balaban J connectivity index is 1.30. The molecule has 0 radical (unpaired) electrons. The Morgan fingerprint density at radius 3 is 2.81 bits per heavy atom. The smallest absolute Gasteiger partial charge is 0.122 e. The molecule has 2 aliphatic rings. The van der Waals surface area contributed by atoms with E-state index in [4.69, 9.17) is 0 Å². The van der Waals surface area contributed by atoms with Gasteiger partial charge in [0.05, 0.1) is 6.54 Å². The van der Waals surface area contributed by atoms with Gasteiger partial charge in [-0.25, -0.2) is 4.98 Å². The highest BCUT2D eigenvalue weighted by atomic mass is 32.1. The summed E-state index contributed by atoms with van der Waals surface area (Å²) in [4.78, 5) is 9.59. The van der Waals surface area contributed by atoms with Crippen LogP contribution in [0.25, 0.3) is 0 Å². The Morgan fingerprint density at radius 2 is 2.10 bits per heavy atom. The summed E-state index contributed by atoms with van der Waals surface area (Å²) in [6.07, 6.45) is 5.28. The van der Waals surface area contributed by atoms with Gasteiger partial charge >= 0.3 is 0 Å². The molecule has 2 saturated heterocycles. The van der Waals surface area contributed by atoms with Gasteiger partial charge in [-0.15, -0.1) is 0 Å². The first-order chi connectivity index (χ1) is 10.2. The molecule has 2 aromatic rings. The molecule has 5 heteroatoms. The van der Waals surface area contributed by atoms with E-state index in [0.717, 1.165) is 13.1 Å². The SMILES string of the molecule is Cn1ccnc1CN1CC2(CCN(Cc3ccsc3)C2)C1. The molecule has 4 rings (SSSR count). The fraction of sp³-hybridized carbons (Fsp3) is 0.562. The van der Waals surface area contributed by atoms with Gasteiger partial charge in [0.15, 0.2) is 0 Å². The van der Waals surface area contributed by atoms with Crippen LogP contribution in [0, 0.1) is 5.41 Å². The molecule has 21 heavy (non-hydrogen) atoms. The van der Waals surface area contributed by atoms with Crippen molar-refractivity contribution in [3.8, 4) is 0 Å². The van der Waals surface area contributed by atoms with Crippen LogP contribution >= 0.6 is 11.3 Å². The third-order valence-corrected chi connectivity index (χ3v) is 5.64. The van der Waals surface area contributed by atoms with Crippen LogP contribution in [0.1, 0.15) is 17.8 Å². The lowest BCUT2D eigenvalue weighted by Crippen LogP contribution is -2.57. The maximum atomic E-state index is 4.43. The van der Waals surface area contributed by atoms with Crippen molar-refractivity contribution < 1.29 is 0 Å². The molecule has 0 amide bonds. The summed E-state index contributed by atoms with van der Waals surface area (Å²) in [5.41, 5.74) is 2.03. The van der Waals surface area contributed by atoms with Crippen LogP contribution in [-0.2, 0) is 20.1 Å². The largest absolute Gasteiger partial charge is 0.337 e. The van der Waals surface area contributed by atoms with Gasteiger partial charge in [0.1, 0.15) is 5.82 Å². The van der Waals surface area contributed by atoms with Crippen molar-refractivity contribution in [2.45, 2.75) is 19.5 Å². The van der Waals surface area contributed by atoms with Crippen molar-refractivity contribution in [2.24, 2.45) is 12.5 Å². The number of nitrogens with zero attached hydrogens (tertiary/aromatic N) is 4. The molecule has 112 valence electrons. The lowest BCUT2D eigenvalue weighted by Gasteiger charge is -2.48. The molecule has 4 nitrogen and oxygen atoms in total. The van der Waals surface area contributed by atoms with E-state index in [9.17, 15) is 0 Å². The second-order valence-corrected chi connectivity index (χ2v) is 7.47. The van der Waals surface area contributed by atoms with Gasteiger partial charge in [-0.3, -0.25) is 9.80 Å². The summed E-state index contributed by atoms with van der Waals surface area (Å²) in [6, 6.07) is 2.25. The van der Waals surface area contributed by atoms with Gasteiger partial charge in [-0.05, 0) is 35.4 Å². The van der Waals surface area contributed by atoms with E-state index in [1.165, 1.54) is 44.0 Å². The number of aromatic nitrogens is 2. The van der Waals surface area contributed by atoms with Gasteiger partial charge in [0, 0.05) is 51.0 Å². The Hall–Kier alpha value is -1.17. The topological polar surface area (TPSA) is 24.3 Å². The standard InChI is InChI=1S/C16H22N4S/c1-18-6-4-17-15(18)9-20-12-16(13-20)3-5-19(11-16)8-14-2-7-21-10-14/h2,4,6-7,10H,3,5,8-9,11-13H2,1H3. The summed E-state index contributed by atoms with van der Waals surface area (Å²) < 4.78 is 2.13. The first kappa shape index (κ1) is 13.5. The molecule has 2 aromatic heterocycles. The minimum Gasteiger partial charge on any atom is -0.337 e. The molecule has 1 spiro atoms. The highest BCUT2D eigenvalue weighted by Crippen LogP contribution is 2.40. The van der Waals surface area contributed by atoms with E-state index >= 15 is 0 Å². The normalized spacial score (nSPS) is 22.0.